The molecule has 1 aliphatic heterocycles. The zero-order valence-electron chi connectivity index (χ0n) is 6.12. The quantitative estimate of drug-likeness (QED) is 0.682. The molecule has 12 heavy (non-hydrogen) atoms. The van der Waals surface area contributed by atoms with Gasteiger partial charge in [-0.05, 0) is 11.6 Å². The third-order valence-corrected chi connectivity index (χ3v) is 2.41. The van der Waals surface area contributed by atoms with Gasteiger partial charge in [0.2, 0.25) is 0 Å². The Balaban J connectivity index is 2.48. The maximum absolute atomic E-state index is 11.1. The van der Waals surface area contributed by atoms with Gasteiger partial charge in [0.1, 0.15) is 0 Å². The summed E-state index contributed by atoms with van der Waals surface area (Å²) in [5.41, 5.74) is 1.86. The van der Waals surface area contributed by atoms with E-state index in [9.17, 15) is 4.79 Å². The minimum Gasteiger partial charge on any atom is -0.333 e. The fourth-order valence-electron chi connectivity index (χ4n) is 1.09. The molecular weight excluding hydrogens is 222 g/mol. The largest absolute Gasteiger partial charge is 0.333 e. The Morgan fingerprint density at radius 2 is 2.50 bits per heavy atom. The smallest absolute Gasteiger partial charge is 0.332 e. The Bertz CT molecular complexity index is 328. The summed E-state index contributed by atoms with van der Waals surface area (Å²) in [6.45, 7) is 0.568. The highest BCUT2D eigenvalue weighted by Gasteiger charge is 2.21. The molecule has 0 spiro atoms. The van der Waals surface area contributed by atoms with E-state index in [0.717, 1.165) is 11.3 Å². The highest BCUT2D eigenvalue weighted by Crippen LogP contribution is 2.25. The number of pyridine rings is 1. The summed E-state index contributed by atoms with van der Waals surface area (Å²) in [6, 6.07) is 1.72. The van der Waals surface area contributed by atoms with Gasteiger partial charge < -0.3 is 5.32 Å². The molecule has 1 aromatic heterocycles. The molecule has 62 valence electrons. The van der Waals surface area contributed by atoms with E-state index in [1.54, 1.807) is 12.4 Å². The number of halogens is 1. The Morgan fingerprint density at radius 1 is 1.67 bits per heavy atom. The average molecular weight is 228 g/mol. The van der Waals surface area contributed by atoms with Crippen LogP contribution in [0, 0.1) is 0 Å². The number of nitrogens with zero attached hydrogens (tertiary/aromatic N) is 2. The number of hydrogen-bond acceptors (Lipinski definition) is 2. The Kier molecular flexibility index (Phi) is 1.73. The highest BCUT2D eigenvalue weighted by atomic mass is 79.9. The molecule has 1 N–H and O–H groups in total. The molecule has 1 aromatic rings. The first-order chi connectivity index (χ1) is 5.79. The monoisotopic (exact) mass is 227 g/mol. The summed E-state index contributed by atoms with van der Waals surface area (Å²) in [4.78, 5) is 15.0. The molecule has 0 aromatic carbocycles. The number of fused-ring (bicyclic) bond motifs is 1. The van der Waals surface area contributed by atoms with E-state index in [2.05, 4.69) is 26.4 Å². The maximum atomic E-state index is 11.1. The van der Waals surface area contributed by atoms with Crippen LogP contribution in [0.1, 0.15) is 5.56 Å². The van der Waals surface area contributed by atoms with Crippen molar-refractivity contribution in [3.8, 4) is 0 Å². The van der Waals surface area contributed by atoms with Crippen molar-refractivity contribution >= 4 is 27.9 Å². The van der Waals surface area contributed by atoms with E-state index in [1.807, 2.05) is 6.07 Å². The molecule has 0 atom stereocenters. The molecule has 0 saturated carbocycles. The van der Waals surface area contributed by atoms with Crippen molar-refractivity contribution in [2.75, 3.05) is 3.93 Å². The summed E-state index contributed by atoms with van der Waals surface area (Å²) < 4.78 is 1.37. The van der Waals surface area contributed by atoms with Gasteiger partial charge in [-0.2, -0.15) is 0 Å². The van der Waals surface area contributed by atoms with Gasteiger partial charge in [-0.1, -0.05) is 0 Å². The molecule has 5 heteroatoms. The van der Waals surface area contributed by atoms with Gasteiger partial charge in [-0.25, -0.2) is 8.72 Å². The van der Waals surface area contributed by atoms with Crippen molar-refractivity contribution in [1.82, 2.24) is 10.3 Å². The second-order valence-corrected chi connectivity index (χ2v) is 3.15. The lowest BCUT2D eigenvalue weighted by Crippen LogP contribution is -2.38. The van der Waals surface area contributed by atoms with Crippen LogP contribution >= 0.6 is 16.1 Å². The number of hydrogen-bond donors (Lipinski definition) is 1. The van der Waals surface area contributed by atoms with Gasteiger partial charge in [0.05, 0.1) is 28.0 Å². The predicted molar refractivity (Wildman–Crippen MR) is 47.9 cm³/mol. The number of amides is 2. The Hall–Kier alpha value is -1.10. The second kappa shape index (κ2) is 2.75. The number of carbonyl (C=O) groups excluding carboxylic acids is 1. The normalized spacial score (nSPS) is 15.4. The lowest BCUT2D eigenvalue weighted by Gasteiger charge is -2.23. The van der Waals surface area contributed by atoms with Gasteiger partial charge in [-0.3, -0.25) is 4.98 Å². The topological polar surface area (TPSA) is 45.2 Å². The SMILES string of the molecule is O=C1NCc2ccncc2N1Br. The van der Waals surface area contributed by atoms with Crippen molar-refractivity contribution in [3.63, 3.8) is 0 Å². The van der Waals surface area contributed by atoms with Crippen molar-refractivity contribution in [2.45, 2.75) is 6.54 Å². The molecule has 0 radical (unpaired) electrons. The number of rotatable bonds is 0. The summed E-state index contributed by atoms with van der Waals surface area (Å²) in [5.74, 6) is 0. The first-order valence-corrected chi connectivity index (χ1v) is 4.16. The first-order valence-electron chi connectivity index (χ1n) is 3.45. The molecule has 0 fully saturated rings. The number of aromatic nitrogens is 1. The first kappa shape index (κ1) is 7.54. The van der Waals surface area contributed by atoms with Crippen molar-refractivity contribution in [3.05, 3.63) is 24.0 Å². The molecule has 2 heterocycles. The van der Waals surface area contributed by atoms with E-state index < -0.39 is 0 Å². The molecule has 0 unspecified atom stereocenters. The lowest BCUT2D eigenvalue weighted by atomic mass is 10.2. The highest BCUT2D eigenvalue weighted by molar-refractivity contribution is 9.10. The number of carbonyl (C=O) groups is 1. The van der Waals surface area contributed by atoms with E-state index >= 15 is 0 Å². The van der Waals surface area contributed by atoms with Gasteiger partial charge in [0.25, 0.3) is 0 Å². The van der Waals surface area contributed by atoms with Crippen molar-refractivity contribution in [2.24, 2.45) is 0 Å². The minimum atomic E-state index is -0.157. The molecule has 1 aliphatic rings. The summed E-state index contributed by atoms with van der Waals surface area (Å²) in [5, 5.41) is 2.70. The van der Waals surface area contributed by atoms with Crippen molar-refractivity contribution < 1.29 is 4.79 Å². The Morgan fingerprint density at radius 3 is 3.33 bits per heavy atom. The third kappa shape index (κ3) is 1.06. The van der Waals surface area contributed by atoms with Crippen LogP contribution in [0.2, 0.25) is 0 Å². The fourth-order valence-corrected chi connectivity index (χ4v) is 1.54. The van der Waals surface area contributed by atoms with E-state index in [4.69, 9.17) is 0 Å². The molecule has 2 amide bonds. The van der Waals surface area contributed by atoms with Gasteiger partial charge in [0, 0.05) is 12.7 Å². The molecule has 0 aliphatic carbocycles. The molecule has 0 saturated heterocycles. The van der Waals surface area contributed by atoms with Crippen LogP contribution in [-0.2, 0) is 6.54 Å². The predicted octanol–water partition coefficient (Wildman–Crippen LogP) is 1.42. The van der Waals surface area contributed by atoms with Crippen molar-refractivity contribution in [1.29, 1.82) is 0 Å². The number of nitrogens with one attached hydrogen (secondary N) is 1. The van der Waals surface area contributed by atoms with Crippen LogP contribution in [0.3, 0.4) is 0 Å². The summed E-state index contributed by atoms with van der Waals surface area (Å²) >= 11 is 3.13. The number of anilines is 1. The Labute approximate surface area is 77.9 Å². The van der Waals surface area contributed by atoms with Gasteiger partial charge >= 0.3 is 6.03 Å². The number of urea groups is 1. The van der Waals surface area contributed by atoms with Crippen LogP contribution in [-0.4, -0.2) is 11.0 Å². The zero-order valence-corrected chi connectivity index (χ0v) is 7.71. The molecular formula is C7H6BrN3O. The van der Waals surface area contributed by atoms with E-state index in [1.165, 1.54) is 3.93 Å². The van der Waals surface area contributed by atoms with Crippen LogP contribution in [0.4, 0.5) is 10.5 Å². The molecule has 4 nitrogen and oxygen atoms in total. The third-order valence-electron chi connectivity index (χ3n) is 1.71. The maximum Gasteiger partial charge on any atom is 0.332 e. The van der Waals surface area contributed by atoms with Crippen LogP contribution in [0.25, 0.3) is 0 Å². The fraction of sp³-hybridized carbons (Fsp3) is 0.143. The summed E-state index contributed by atoms with van der Waals surface area (Å²) in [7, 11) is 0. The standard InChI is InChI=1S/C7H6BrN3O/c8-11-6-4-9-2-1-5(6)3-10-7(11)12/h1-2,4H,3H2,(H,10,12). The minimum absolute atomic E-state index is 0.157. The van der Waals surface area contributed by atoms with Gasteiger partial charge in [-0.15, -0.1) is 0 Å². The zero-order chi connectivity index (χ0) is 8.55. The van der Waals surface area contributed by atoms with Crippen LogP contribution < -0.4 is 9.24 Å². The van der Waals surface area contributed by atoms with E-state index in [0.29, 0.717) is 6.54 Å². The average Bonchev–Trinajstić information content (AvgIpc) is 2.12. The van der Waals surface area contributed by atoms with Crippen LogP contribution in [0.15, 0.2) is 18.5 Å². The molecule has 2 rings (SSSR count). The second-order valence-electron chi connectivity index (χ2n) is 2.44. The van der Waals surface area contributed by atoms with Gasteiger partial charge in [0.15, 0.2) is 0 Å². The van der Waals surface area contributed by atoms with Crippen LogP contribution in [0.5, 0.6) is 0 Å². The molecule has 0 bridgehead atoms. The van der Waals surface area contributed by atoms with E-state index in [-0.39, 0.29) is 6.03 Å². The summed E-state index contributed by atoms with van der Waals surface area (Å²) in [6.07, 6.45) is 3.36. The lowest BCUT2D eigenvalue weighted by molar-refractivity contribution is 0.248.